The van der Waals surface area contributed by atoms with Crippen molar-refractivity contribution < 1.29 is 35.4 Å². The van der Waals surface area contributed by atoms with E-state index in [1.807, 2.05) is 18.2 Å². The van der Waals surface area contributed by atoms with E-state index in [0.717, 1.165) is 11.1 Å². The van der Waals surface area contributed by atoms with E-state index in [0.29, 0.717) is 42.6 Å². The van der Waals surface area contributed by atoms with Gasteiger partial charge in [0, 0.05) is 0 Å². The summed E-state index contributed by atoms with van der Waals surface area (Å²) in [5, 5.41) is 57.6. The molecule has 0 saturated carbocycles. The molecule has 0 atom stereocenters. The molecule has 0 aromatic heterocycles. The largest absolute Gasteiger partial charge is 0.504 e. The molecule has 0 bridgehead atoms. The minimum atomic E-state index is -0.534. The summed E-state index contributed by atoms with van der Waals surface area (Å²) >= 11 is 0. The van der Waals surface area contributed by atoms with Crippen molar-refractivity contribution in [3.63, 3.8) is 0 Å². The Labute approximate surface area is 173 Å². The van der Waals surface area contributed by atoms with Crippen molar-refractivity contribution in [2.24, 2.45) is 0 Å². The van der Waals surface area contributed by atoms with Gasteiger partial charge in [0.15, 0.2) is 34.5 Å². The number of aryl methyl sites for hydroxylation is 4. The minimum Gasteiger partial charge on any atom is -0.504 e. The highest BCUT2D eigenvalue weighted by Crippen LogP contribution is 2.36. The van der Waals surface area contributed by atoms with E-state index in [1.165, 1.54) is 24.3 Å². The van der Waals surface area contributed by atoms with Crippen LogP contribution in [0.2, 0.25) is 0 Å². The lowest BCUT2D eigenvalue weighted by Gasteiger charge is -2.11. The van der Waals surface area contributed by atoms with Crippen molar-refractivity contribution >= 4 is 0 Å². The Kier molecular flexibility index (Phi) is 6.11. The molecule has 0 aliphatic carbocycles. The summed E-state index contributed by atoms with van der Waals surface area (Å²) in [6, 6.07) is 11.5. The Morgan fingerprint density at radius 2 is 0.800 bits per heavy atom. The number of methoxy groups -OCH3 is 1. The first-order chi connectivity index (χ1) is 14.3. The molecule has 0 spiro atoms. The van der Waals surface area contributed by atoms with Gasteiger partial charge in [0.1, 0.15) is 5.75 Å². The average Bonchev–Trinajstić information content (AvgIpc) is 2.72. The molecule has 0 radical (unpaired) electrons. The fourth-order valence-corrected chi connectivity index (χ4v) is 3.32. The van der Waals surface area contributed by atoms with E-state index in [-0.39, 0.29) is 23.0 Å². The van der Waals surface area contributed by atoms with Gasteiger partial charge >= 0.3 is 0 Å². The van der Waals surface area contributed by atoms with Crippen LogP contribution in [-0.2, 0) is 25.7 Å². The van der Waals surface area contributed by atoms with Gasteiger partial charge < -0.3 is 35.4 Å². The molecule has 158 valence electrons. The number of aromatic hydroxyl groups is 6. The Hall–Kier alpha value is -3.74. The first-order valence-electron chi connectivity index (χ1n) is 9.41. The summed E-state index contributed by atoms with van der Waals surface area (Å²) < 4.78 is 5.38. The summed E-state index contributed by atoms with van der Waals surface area (Å²) in [7, 11) is 1.58. The standard InChI is InChI=1S/C23H24O7/c1-30-17-7-13(2-4-15-9-18(24)22(28)19(25)10-15)6-14(8-17)3-5-16-11-20(26)23(29)21(27)12-16/h6-12,24-29H,2-5H2,1H3. The van der Waals surface area contributed by atoms with Gasteiger partial charge in [0.25, 0.3) is 0 Å². The van der Waals surface area contributed by atoms with Gasteiger partial charge in [0.2, 0.25) is 0 Å². The highest BCUT2D eigenvalue weighted by atomic mass is 16.5. The van der Waals surface area contributed by atoms with Crippen molar-refractivity contribution in [3.05, 3.63) is 64.7 Å². The normalized spacial score (nSPS) is 10.8. The number of hydrogen-bond acceptors (Lipinski definition) is 7. The van der Waals surface area contributed by atoms with Gasteiger partial charge in [-0.05, 0) is 84.3 Å². The third-order valence-corrected chi connectivity index (χ3v) is 4.93. The van der Waals surface area contributed by atoms with Crippen LogP contribution in [-0.4, -0.2) is 37.7 Å². The predicted molar refractivity (Wildman–Crippen MR) is 111 cm³/mol. The molecule has 0 saturated heterocycles. The molecule has 6 N–H and O–H groups in total. The van der Waals surface area contributed by atoms with Crippen LogP contribution in [0, 0.1) is 0 Å². The number of ether oxygens (including phenoxy) is 1. The number of benzene rings is 3. The number of hydrogen-bond donors (Lipinski definition) is 6. The fraction of sp³-hybridized carbons (Fsp3) is 0.217. The molecule has 3 rings (SSSR count). The van der Waals surface area contributed by atoms with Gasteiger partial charge in [-0.15, -0.1) is 0 Å². The molecular weight excluding hydrogens is 388 g/mol. The first-order valence-corrected chi connectivity index (χ1v) is 9.41. The maximum Gasteiger partial charge on any atom is 0.200 e. The van der Waals surface area contributed by atoms with E-state index < -0.39 is 11.5 Å². The van der Waals surface area contributed by atoms with Crippen LogP contribution >= 0.6 is 0 Å². The van der Waals surface area contributed by atoms with Gasteiger partial charge in [0.05, 0.1) is 7.11 Å². The monoisotopic (exact) mass is 412 g/mol. The van der Waals surface area contributed by atoms with E-state index >= 15 is 0 Å². The molecule has 30 heavy (non-hydrogen) atoms. The quantitative estimate of drug-likeness (QED) is 0.328. The topological polar surface area (TPSA) is 131 Å². The molecule has 3 aromatic carbocycles. The van der Waals surface area contributed by atoms with Crippen LogP contribution in [0.3, 0.4) is 0 Å². The second-order valence-corrected chi connectivity index (χ2v) is 7.15. The van der Waals surface area contributed by atoms with Crippen molar-refractivity contribution in [3.8, 4) is 40.2 Å². The van der Waals surface area contributed by atoms with E-state index in [4.69, 9.17) is 4.74 Å². The van der Waals surface area contributed by atoms with Gasteiger partial charge in [-0.3, -0.25) is 0 Å². The summed E-state index contributed by atoms with van der Waals surface area (Å²) in [6.45, 7) is 0. The van der Waals surface area contributed by atoms with Crippen LogP contribution in [0.1, 0.15) is 22.3 Å². The maximum atomic E-state index is 9.66. The Bertz CT molecular complexity index is 934. The van der Waals surface area contributed by atoms with Gasteiger partial charge in [-0.25, -0.2) is 0 Å². The lowest BCUT2D eigenvalue weighted by atomic mass is 9.98. The van der Waals surface area contributed by atoms with Crippen LogP contribution in [0.5, 0.6) is 40.2 Å². The van der Waals surface area contributed by atoms with E-state index in [1.54, 1.807) is 7.11 Å². The smallest absolute Gasteiger partial charge is 0.200 e. The summed E-state index contributed by atoms with van der Waals surface area (Å²) in [5.74, 6) is -1.83. The summed E-state index contributed by atoms with van der Waals surface area (Å²) in [5.41, 5.74) is 3.35. The Morgan fingerprint density at radius 3 is 1.10 bits per heavy atom. The van der Waals surface area contributed by atoms with E-state index in [2.05, 4.69) is 0 Å². The third-order valence-electron chi connectivity index (χ3n) is 4.93. The average molecular weight is 412 g/mol. The van der Waals surface area contributed by atoms with Crippen LogP contribution in [0.25, 0.3) is 0 Å². The molecular formula is C23H24O7. The van der Waals surface area contributed by atoms with Crippen LogP contribution in [0.4, 0.5) is 0 Å². The number of phenols is 6. The molecule has 0 unspecified atom stereocenters. The first kappa shape index (κ1) is 21.0. The zero-order valence-electron chi connectivity index (χ0n) is 16.5. The summed E-state index contributed by atoms with van der Waals surface area (Å²) in [4.78, 5) is 0. The molecule has 0 amide bonds. The van der Waals surface area contributed by atoms with Crippen molar-refractivity contribution in [1.82, 2.24) is 0 Å². The van der Waals surface area contributed by atoms with Crippen molar-refractivity contribution in [1.29, 1.82) is 0 Å². The lowest BCUT2D eigenvalue weighted by molar-refractivity contribution is 0.367. The minimum absolute atomic E-state index is 0.364. The number of phenolic OH excluding ortho intramolecular Hbond substituents is 6. The lowest BCUT2D eigenvalue weighted by Crippen LogP contribution is -1.97. The van der Waals surface area contributed by atoms with Gasteiger partial charge in [-0.1, -0.05) is 6.07 Å². The van der Waals surface area contributed by atoms with E-state index in [9.17, 15) is 30.6 Å². The highest BCUT2D eigenvalue weighted by molar-refractivity contribution is 5.52. The second-order valence-electron chi connectivity index (χ2n) is 7.15. The fourth-order valence-electron chi connectivity index (χ4n) is 3.32. The van der Waals surface area contributed by atoms with Crippen LogP contribution in [0.15, 0.2) is 42.5 Å². The Balaban J connectivity index is 1.73. The maximum absolute atomic E-state index is 9.66. The number of rotatable bonds is 7. The van der Waals surface area contributed by atoms with Gasteiger partial charge in [-0.2, -0.15) is 0 Å². The molecule has 0 heterocycles. The van der Waals surface area contributed by atoms with Crippen molar-refractivity contribution in [2.45, 2.75) is 25.7 Å². The molecule has 0 aliphatic heterocycles. The zero-order chi connectivity index (χ0) is 21.8. The third kappa shape index (κ3) is 4.81. The van der Waals surface area contributed by atoms with Crippen LogP contribution < -0.4 is 4.74 Å². The summed E-state index contributed by atoms with van der Waals surface area (Å²) in [6.07, 6.45) is 2.31. The van der Waals surface area contributed by atoms with Crippen molar-refractivity contribution in [2.75, 3.05) is 7.11 Å². The molecule has 0 aliphatic rings. The SMILES string of the molecule is COc1cc(CCc2cc(O)c(O)c(O)c2)cc(CCc2cc(O)c(O)c(O)c2)c1. The predicted octanol–water partition coefficient (Wildman–Crippen LogP) is 3.50. The molecule has 7 nitrogen and oxygen atoms in total. The second kappa shape index (κ2) is 8.73. The Morgan fingerprint density at radius 1 is 0.500 bits per heavy atom. The highest BCUT2D eigenvalue weighted by Gasteiger charge is 2.11. The zero-order valence-corrected chi connectivity index (χ0v) is 16.5. The molecule has 0 fully saturated rings. The molecule has 3 aromatic rings. The molecule has 7 heteroatoms.